The summed E-state index contributed by atoms with van der Waals surface area (Å²) in [5.74, 6) is 1.02. The Morgan fingerprint density at radius 1 is 1.56 bits per heavy atom. The Kier molecular flexibility index (Phi) is 5.19. The first-order chi connectivity index (χ1) is 4.16. The van der Waals surface area contributed by atoms with Crippen molar-refractivity contribution in [3.05, 3.63) is 0 Å². The summed E-state index contributed by atoms with van der Waals surface area (Å²) in [5.41, 5.74) is 0. The average Bonchev–Trinajstić information content (AvgIpc) is 1.63. The molecule has 0 aromatic carbocycles. The molecule has 0 rings (SSSR count). The lowest BCUT2D eigenvalue weighted by Crippen LogP contribution is -2.02. The van der Waals surface area contributed by atoms with Gasteiger partial charge in [-0.25, -0.2) is 8.42 Å². The maximum Gasteiger partial charge on any atom is 0.140 e. The Morgan fingerprint density at radius 2 is 2.11 bits per heavy atom. The fraction of sp³-hybridized carbons (Fsp3) is 1.00. The minimum atomic E-state index is -2.21. The number of hydrogen-bond donors (Lipinski definition) is 1. The third-order valence-electron chi connectivity index (χ3n) is 1.06. The molecule has 0 saturated heterocycles. The van der Waals surface area contributed by atoms with E-state index in [9.17, 15) is 8.42 Å². The van der Waals surface area contributed by atoms with Gasteiger partial charge in [0, 0.05) is 5.88 Å². The van der Waals surface area contributed by atoms with E-state index >= 15 is 0 Å². The quantitative estimate of drug-likeness (QED) is 0.502. The van der Waals surface area contributed by atoms with Gasteiger partial charge in [0.25, 0.3) is 0 Å². The molecule has 0 aromatic heterocycles. The van der Waals surface area contributed by atoms with E-state index in [-0.39, 0.29) is 11.7 Å². The van der Waals surface area contributed by atoms with Crippen molar-refractivity contribution in [3.63, 3.8) is 0 Å². The highest BCUT2D eigenvalue weighted by Gasteiger charge is 2.00. The van der Waals surface area contributed by atoms with E-state index in [4.69, 9.17) is 11.6 Å². The molecule has 0 aromatic rings. The summed E-state index contributed by atoms with van der Waals surface area (Å²) in [7, 11) is -2.21. The number of rotatable bonds is 4. The molecule has 0 aliphatic heterocycles. The van der Waals surface area contributed by atoms with Gasteiger partial charge in [0.05, 0.1) is 5.75 Å². The van der Waals surface area contributed by atoms with E-state index in [0.29, 0.717) is 5.88 Å². The molecule has 0 aliphatic rings. The van der Waals surface area contributed by atoms with Crippen LogP contribution in [0, 0.1) is 5.92 Å². The molecule has 0 fully saturated rings. The zero-order chi connectivity index (χ0) is 7.28. The van der Waals surface area contributed by atoms with Gasteiger partial charge in [-0.1, -0.05) is 6.92 Å². The summed E-state index contributed by atoms with van der Waals surface area (Å²) in [6.45, 7) is 1.88. The topological polar surface area (TPSA) is 34.1 Å². The van der Waals surface area contributed by atoms with Gasteiger partial charge in [-0.05, 0) is 12.3 Å². The molecule has 0 bridgehead atoms. The molecule has 0 heterocycles. The predicted octanol–water partition coefficient (Wildman–Crippen LogP) is 0.863. The van der Waals surface area contributed by atoms with Crippen LogP contribution in [0.25, 0.3) is 0 Å². The van der Waals surface area contributed by atoms with Gasteiger partial charge < -0.3 is 0 Å². The van der Waals surface area contributed by atoms with Crippen LogP contribution in [0.1, 0.15) is 13.3 Å². The number of hydrogen-bond acceptors (Lipinski definition) is 2. The second-order valence-electron chi connectivity index (χ2n) is 2.10. The predicted molar refractivity (Wildman–Crippen MR) is 39.7 cm³/mol. The molecule has 0 radical (unpaired) electrons. The Morgan fingerprint density at radius 3 is 2.44 bits per heavy atom. The summed E-state index contributed by atoms with van der Waals surface area (Å²) in [6, 6.07) is 0. The number of thiol groups is 1. The van der Waals surface area contributed by atoms with Crippen LogP contribution in [0.2, 0.25) is 0 Å². The maximum atomic E-state index is 10.1. The summed E-state index contributed by atoms with van der Waals surface area (Å²) in [4.78, 5) is 0. The second-order valence-corrected chi connectivity index (χ2v) is 3.51. The summed E-state index contributed by atoms with van der Waals surface area (Å²) in [5, 5.41) is 0. The first kappa shape index (κ1) is 9.24. The molecule has 1 unspecified atom stereocenters. The van der Waals surface area contributed by atoms with E-state index in [2.05, 4.69) is 0 Å². The van der Waals surface area contributed by atoms with Crippen LogP contribution in [-0.4, -0.2) is 20.1 Å². The maximum absolute atomic E-state index is 10.1. The van der Waals surface area contributed by atoms with Gasteiger partial charge in [-0.2, -0.15) is 0 Å². The highest BCUT2D eigenvalue weighted by molar-refractivity contribution is 7.72. The number of halogens is 1. The van der Waals surface area contributed by atoms with Crippen LogP contribution in [0.4, 0.5) is 0 Å². The lowest BCUT2D eigenvalue weighted by Gasteiger charge is -2.01. The summed E-state index contributed by atoms with van der Waals surface area (Å²) < 4.78 is 20.2. The van der Waals surface area contributed by atoms with Crippen molar-refractivity contribution >= 4 is 22.3 Å². The molecule has 0 N–H and O–H groups in total. The van der Waals surface area contributed by atoms with Crippen LogP contribution >= 0.6 is 11.6 Å². The van der Waals surface area contributed by atoms with Gasteiger partial charge >= 0.3 is 0 Å². The molecular weight excluding hydrogens is 160 g/mol. The van der Waals surface area contributed by atoms with Crippen molar-refractivity contribution in [3.8, 4) is 0 Å². The van der Waals surface area contributed by atoms with Gasteiger partial charge in [0.1, 0.15) is 10.7 Å². The number of alkyl halides is 1. The van der Waals surface area contributed by atoms with Crippen molar-refractivity contribution in [1.29, 1.82) is 0 Å². The highest BCUT2D eigenvalue weighted by Crippen LogP contribution is 2.02. The van der Waals surface area contributed by atoms with Crippen LogP contribution in [0.15, 0.2) is 0 Å². The first-order valence-corrected chi connectivity index (χ1v) is 4.74. The van der Waals surface area contributed by atoms with E-state index in [1.54, 1.807) is 0 Å². The minimum Gasteiger partial charge on any atom is -0.232 e. The largest absolute Gasteiger partial charge is 0.232 e. The lowest BCUT2D eigenvalue weighted by molar-refractivity contribution is 0.581. The first-order valence-electron chi connectivity index (χ1n) is 2.84. The van der Waals surface area contributed by atoms with Crippen molar-refractivity contribution < 1.29 is 8.42 Å². The molecule has 0 spiro atoms. The molecule has 0 aliphatic carbocycles. The fourth-order valence-corrected chi connectivity index (χ4v) is 1.60. The molecule has 0 amide bonds. The summed E-state index contributed by atoms with van der Waals surface area (Å²) in [6.07, 6.45) is 0.783. The molecule has 2 nitrogen and oxygen atoms in total. The normalized spacial score (nSPS) is 14.1. The zero-order valence-corrected chi connectivity index (χ0v) is 6.99. The van der Waals surface area contributed by atoms with Crippen molar-refractivity contribution in [2.75, 3.05) is 11.6 Å². The van der Waals surface area contributed by atoms with Crippen molar-refractivity contribution in [2.45, 2.75) is 13.3 Å². The Balaban J connectivity index is 3.37. The average molecular weight is 171 g/mol. The van der Waals surface area contributed by atoms with E-state index in [0.717, 1.165) is 6.42 Å². The van der Waals surface area contributed by atoms with E-state index in [1.165, 1.54) is 0 Å². The lowest BCUT2D eigenvalue weighted by atomic mass is 10.2. The van der Waals surface area contributed by atoms with E-state index in [1.807, 2.05) is 6.92 Å². The van der Waals surface area contributed by atoms with Crippen LogP contribution < -0.4 is 0 Å². The molecule has 0 saturated carbocycles. The van der Waals surface area contributed by atoms with E-state index < -0.39 is 10.7 Å². The van der Waals surface area contributed by atoms with Crippen LogP contribution in [0.5, 0.6) is 0 Å². The smallest absolute Gasteiger partial charge is 0.140 e. The van der Waals surface area contributed by atoms with Gasteiger partial charge in [0.2, 0.25) is 0 Å². The van der Waals surface area contributed by atoms with Gasteiger partial charge in [0.15, 0.2) is 0 Å². The molecule has 56 valence electrons. The Bertz CT molecular complexity index is 125. The van der Waals surface area contributed by atoms with Gasteiger partial charge in [-0.3, -0.25) is 0 Å². The Hall–Kier alpha value is 0.240. The van der Waals surface area contributed by atoms with Crippen molar-refractivity contribution in [1.82, 2.24) is 0 Å². The monoisotopic (exact) mass is 170 g/mol. The SMILES string of the molecule is CC(CCCl)C[SH](=O)=O. The third kappa shape index (κ3) is 6.12. The zero-order valence-electron chi connectivity index (χ0n) is 5.34. The highest BCUT2D eigenvalue weighted by atomic mass is 35.5. The second kappa shape index (κ2) is 5.06. The molecular formula is C5H11ClO2S. The summed E-state index contributed by atoms with van der Waals surface area (Å²) >= 11 is 5.38. The standard InChI is InChI=1S/C5H11ClO2S/c1-5(2-3-6)4-9(7)8/h5,9H,2-4H2,1H3. The van der Waals surface area contributed by atoms with Gasteiger partial charge in [-0.15, -0.1) is 11.6 Å². The van der Waals surface area contributed by atoms with Crippen LogP contribution in [-0.2, 0) is 10.7 Å². The minimum absolute atomic E-state index is 0.212. The third-order valence-corrected chi connectivity index (χ3v) is 2.20. The van der Waals surface area contributed by atoms with Crippen LogP contribution in [0.3, 0.4) is 0 Å². The van der Waals surface area contributed by atoms with Crippen molar-refractivity contribution in [2.24, 2.45) is 5.92 Å². The fourth-order valence-electron chi connectivity index (χ4n) is 0.532. The molecule has 1 atom stereocenters. The molecule has 4 heteroatoms. The Labute approximate surface area is 62.2 Å². The molecule has 9 heavy (non-hydrogen) atoms.